The molecule has 0 spiro atoms. The van der Waals surface area contributed by atoms with Crippen molar-refractivity contribution in [3.63, 3.8) is 0 Å². The summed E-state index contributed by atoms with van der Waals surface area (Å²) in [6.07, 6.45) is 0.636. The number of nitrogens with one attached hydrogen (secondary N) is 2. The summed E-state index contributed by atoms with van der Waals surface area (Å²) in [5.41, 5.74) is 4.36. The Kier molecular flexibility index (Phi) is 7.74. The summed E-state index contributed by atoms with van der Waals surface area (Å²) >= 11 is 0. The third kappa shape index (κ3) is 6.34. The average Bonchev–Trinajstić information content (AvgIpc) is 3.10. The Balaban J connectivity index is 1.46. The second-order valence-electron chi connectivity index (χ2n) is 9.29. The third-order valence-electron chi connectivity index (χ3n) is 6.19. The molecule has 1 unspecified atom stereocenters. The van der Waals surface area contributed by atoms with Crippen LogP contribution in [0.5, 0.6) is 0 Å². The van der Waals surface area contributed by atoms with Gasteiger partial charge in [0.1, 0.15) is 12.6 Å². The number of benzene rings is 2. The summed E-state index contributed by atoms with van der Waals surface area (Å²) in [7, 11) is 0. The van der Waals surface area contributed by atoms with E-state index in [1.54, 1.807) is 6.92 Å². The van der Waals surface area contributed by atoms with E-state index in [0.717, 1.165) is 22.3 Å². The molecule has 0 radical (unpaired) electrons. The van der Waals surface area contributed by atoms with Crippen LogP contribution in [0, 0.1) is 5.41 Å². The number of rotatable bonds is 10. The van der Waals surface area contributed by atoms with Crippen molar-refractivity contribution in [2.24, 2.45) is 5.41 Å². The number of carboxylic acid groups (broad SMARTS) is 1. The molecule has 2 aromatic rings. The van der Waals surface area contributed by atoms with Crippen LogP contribution < -0.4 is 10.6 Å². The Morgan fingerprint density at radius 3 is 2.15 bits per heavy atom. The van der Waals surface area contributed by atoms with E-state index in [2.05, 4.69) is 34.9 Å². The zero-order chi connectivity index (χ0) is 24.0. The molecular weight excluding hydrogens is 420 g/mol. The van der Waals surface area contributed by atoms with E-state index in [0.29, 0.717) is 19.4 Å². The van der Waals surface area contributed by atoms with Crippen molar-refractivity contribution in [2.75, 3.05) is 13.2 Å². The van der Waals surface area contributed by atoms with Gasteiger partial charge < -0.3 is 20.5 Å². The van der Waals surface area contributed by atoms with Crippen LogP contribution in [0.3, 0.4) is 0 Å². The lowest BCUT2D eigenvalue weighted by Gasteiger charge is -2.24. The van der Waals surface area contributed by atoms with Crippen LogP contribution in [0.25, 0.3) is 11.1 Å². The van der Waals surface area contributed by atoms with Crippen molar-refractivity contribution in [3.05, 3.63) is 59.7 Å². The molecule has 0 saturated heterocycles. The van der Waals surface area contributed by atoms with Crippen molar-refractivity contribution >= 4 is 18.0 Å². The Morgan fingerprint density at radius 1 is 1.00 bits per heavy atom. The van der Waals surface area contributed by atoms with E-state index in [-0.39, 0.29) is 30.3 Å². The van der Waals surface area contributed by atoms with Crippen LogP contribution in [0.1, 0.15) is 57.1 Å². The minimum Gasteiger partial charge on any atom is -0.481 e. The van der Waals surface area contributed by atoms with Gasteiger partial charge >= 0.3 is 12.1 Å². The highest BCUT2D eigenvalue weighted by atomic mass is 16.5. The van der Waals surface area contributed by atoms with Crippen molar-refractivity contribution in [1.82, 2.24) is 10.6 Å². The zero-order valence-corrected chi connectivity index (χ0v) is 19.4. The Bertz CT molecular complexity index is 972. The SMILES string of the molecule is CC(NC(=O)OCC1c2ccccc2-c2ccccc21)C(=O)NCCC(C)(C)CCC(=O)O. The molecule has 2 aromatic carbocycles. The van der Waals surface area contributed by atoms with E-state index >= 15 is 0 Å². The Hall–Kier alpha value is -3.35. The van der Waals surface area contributed by atoms with E-state index in [1.807, 2.05) is 38.1 Å². The molecule has 0 fully saturated rings. The first-order valence-corrected chi connectivity index (χ1v) is 11.3. The number of ether oxygens (including phenoxy) is 1. The second-order valence-corrected chi connectivity index (χ2v) is 9.29. The molecule has 3 N–H and O–H groups in total. The van der Waals surface area contributed by atoms with Crippen molar-refractivity contribution < 1.29 is 24.2 Å². The molecule has 176 valence electrons. The smallest absolute Gasteiger partial charge is 0.407 e. The molecule has 0 aliphatic heterocycles. The summed E-state index contributed by atoms with van der Waals surface area (Å²) < 4.78 is 5.49. The standard InChI is InChI=1S/C26H32N2O5/c1-17(24(31)27-15-14-26(2,3)13-12-23(29)30)28-25(32)33-16-22-20-10-6-4-8-18(20)19-9-5-7-11-21(19)22/h4-11,17,22H,12-16H2,1-3H3,(H,27,31)(H,28,32)(H,29,30). The molecule has 7 nitrogen and oxygen atoms in total. The van der Waals surface area contributed by atoms with Gasteiger partial charge in [-0.3, -0.25) is 9.59 Å². The number of alkyl carbamates (subject to hydrolysis) is 1. The lowest BCUT2D eigenvalue weighted by Crippen LogP contribution is -2.45. The lowest BCUT2D eigenvalue weighted by atomic mass is 9.84. The summed E-state index contributed by atoms with van der Waals surface area (Å²) in [5, 5.41) is 14.2. The first-order valence-electron chi connectivity index (χ1n) is 11.3. The first kappa shape index (κ1) is 24.3. The van der Waals surface area contributed by atoms with Gasteiger partial charge in [-0.2, -0.15) is 0 Å². The monoisotopic (exact) mass is 452 g/mol. The molecule has 7 heteroatoms. The minimum atomic E-state index is -0.826. The summed E-state index contributed by atoms with van der Waals surface area (Å²) in [5.74, 6) is -1.18. The molecule has 0 heterocycles. The normalized spacial score (nSPS) is 13.5. The largest absolute Gasteiger partial charge is 0.481 e. The number of carboxylic acids is 1. The van der Waals surface area contributed by atoms with Gasteiger partial charge in [0.15, 0.2) is 0 Å². The van der Waals surface area contributed by atoms with E-state index in [4.69, 9.17) is 9.84 Å². The summed E-state index contributed by atoms with van der Waals surface area (Å²) in [6.45, 7) is 6.14. The number of hydrogen-bond donors (Lipinski definition) is 3. The van der Waals surface area contributed by atoms with Crippen LogP contribution in [-0.4, -0.2) is 42.3 Å². The molecule has 0 saturated carbocycles. The van der Waals surface area contributed by atoms with Gasteiger partial charge in [0.2, 0.25) is 5.91 Å². The number of aliphatic carboxylic acids is 1. The number of hydrogen-bond acceptors (Lipinski definition) is 4. The van der Waals surface area contributed by atoms with Crippen molar-refractivity contribution in [3.8, 4) is 11.1 Å². The molecule has 3 rings (SSSR count). The van der Waals surface area contributed by atoms with Gasteiger partial charge in [0, 0.05) is 18.9 Å². The lowest BCUT2D eigenvalue weighted by molar-refractivity contribution is -0.137. The van der Waals surface area contributed by atoms with Crippen molar-refractivity contribution in [1.29, 1.82) is 0 Å². The fourth-order valence-electron chi connectivity index (χ4n) is 4.13. The predicted molar refractivity (Wildman–Crippen MR) is 126 cm³/mol. The van der Waals surface area contributed by atoms with E-state index < -0.39 is 18.1 Å². The topological polar surface area (TPSA) is 105 Å². The first-order chi connectivity index (χ1) is 15.7. The van der Waals surface area contributed by atoms with Gasteiger partial charge in [0.05, 0.1) is 0 Å². The maximum Gasteiger partial charge on any atom is 0.407 e. The highest BCUT2D eigenvalue weighted by Gasteiger charge is 2.29. The molecule has 2 amide bonds. The van der Waals surface area contributed by atoms with Gasteiger partial charge in [-0.15, -0.1) is 0 Å². The predicted octanol–water partition coefficient (Wildman–Crippen LogP) is 4.31. The van der Waals surface area contributed by atoms with E-state index in [1.165, 1.54) is 0 Å². The van der Waals surface area contributed by atoms with Gasteiger partial charge in [0.25, 0.3) is 0 Å². The highest BCUT2D eigenvalue weighted by molar-refractivity contribution is 5.85. The highest BCUT2D eigenvalue weighted by Crippen LogP contribution is 2.44. The number of carbonyl (C=O) groups excluding carboxylic acids is 2. The molecule has 1 aliphatic rings. The van der Waals surface area contributed by atoms with Crippen LogP contribution in [0.4, 0.5) is 4.79 Å². The third-order valence-corrected chi connectivity index (χ3v) is 6.19. The van der Waals surface area contributed by atoms with E-state index in [9.17, 15) is 14.4 Å². The Morgan fingerprint density at radius 2 is 1.58 bits per heavy atom. The summed E-state index contributed by atoms with van der Waals surface area (Å²) in [4.78, 5) is 35.5. The van der Waals surface area contributed by atoms with Crippen LogP contribution in [0.15, 0.2) is 48.5 Å². The average molecular weight is 453 g/mol. The molecule has 1 atom stereocenters. The molecular formula is C26H32N2O5. The number of carbonyl (C=O) groups is 3. The quantitative estimate of drug-likeness (QED) is 0.498. The van der Waals surface area contributed by atoms with Crippen molar-refractivity contribution in [2.45, 2.75) is 52.0 Å². The maximum absolute atomic E-state index is 12.4. The molecule has 33 heavy (non-hydrogen) atoms. The maximum atomic E-state index is 12.4. The molecule has 0 aromatic heterocycles. The van der Waals surface area contributed by atoms with Crippen LogP contribution >= 0.6 is 0 Å². The Labute approximate surface area is 194 Å². The minimum absolute atomic E-state index is 0.0414. The second kappa shape index (κ2) is 10.5. The number of fused-ring (bicyclic) bond motifs is 3. The van der Waals surface area contributed by atoms with Gasteiger partial charge in [-0.05, 0) is 47.4 Å². The van der Waals surface area contributed by atoms with Gasteiger partial charge in [-0.1, -0.05) is 62.4 Å². The fraction of sp³-hybridized carbons (Fsp3) is 0.423. The summed E-state index contributed by atoms with van der Waals surface area (Å²) in [6, 6.07) is 15.5. The number of amides is 2. The van der Waals surface area contributed by atoms with Crippen LogP contribution in [-0.2, 0) is 14.3 Å². The zero-order valence-electron chi connectivity index (χ0n) is 19.4. The molecule has 1 aliphatic carbocycles. The van der Waals surface area contributed by atoms with Gasteiger partial charge in [-0.25, -0.2) is 4.79 Å². The molecule has 0 bridgehead atoms. The fourth-order valence-corrected chi connectivity index (χ4v) is 4.13. The van der Waals surface area contributed by atoms with Crippen LogP contribution in [0.2, 0.25) is 0 Å².